The molecule has 4 nitrogen and oxygen atoms in total. The van der Waals surface area contributed by atoms with Gasteiger partial charge in [0.1, 0.15) is 0 Å². The van der Waals surface area contributed by atoms with Crippen LogP contribution in [0.5, 0.6) is 11.5 Å². The Hall–Kier alpha value is -1.73. The van der Waals surface area contributed by atoms with Crippen LogP contribution in [0.4, 0.5) is 0 Å². The minimum atomic E-state index is -0.182. The minimum absolute atomic E-state index is 0.182. The summed E-state index contributed by atoms with van der Waals surface area (Å²) in [6, 6.07) is 9.99. The Morgan fingerprint density at radius 1 is 1.15 bits per heavy atom. The summed E-state index contributed by atoms with van der Waals surface area (Å²) in [5.74, 6) is 1.50. The number of nitrogens with zero attached hydrogens (tertiary/aromatic N) is 1. The maximum atomic E-state index is 9.05. The van der Waals surface area contributed by atoms with Gasteiger partial charge in [-0.3, -0.25) is 5.32 Å². The van der Waals surface area contributed by atoms with Crippen LogP contribution in [0, 0.1) is 11.3 Å². The first-order valence-electron chi connectivity index (χ1n) is 7.17. The standard InChI is InChI=1S/C16H24N2O2/c1-4-10-19-15-7-5-6-8-16(15)20-11-9-14(12-17)18-13(2)3/h5-8,13-14,18H,4,9-11H2,1-3H3. The Morgan fingerprint density at radius 3 is 2.25 bits per heavy atom. The molecule has 0 fully saturated rings. The normalized spacial score (nSPS) is 11.9. The van der Waals surface area contributed by atoms with E-state index in [0.29, 0.717) is 25.7 Å². The fraction of sp³-hybridized carbons (Fsp3) is 0.562. The summed E-state index contributed by atoms with van der Waals surface area (Å²) < 4.78 is 11.4. The van der Waals surface area contributed by atoms with Gasteiger partial charge in [0.25, 0.3) is 0 Å². The molecular formula is C16H24N2O2. The molecule has 1 aromatic rings. The monoisotopic (exact) mass is 276 g/mol. The number of hydrogen-bond acceptors (Lipinski definition) is 4. The summed E-state index contributed by atoms with van der Waals surface area (Å²) >= 11 is 0. The van der Waals surface area contributed by atoms with Gasteiger partial charge in [-0.15, -0.1) is 0 Å². The van der Waals surface area contributed by atoms with E-state index in [0.717, 1.165) is 17.9 Å². The summed E-state index contributed by atoms with van der Waals surface area (Å²) in [5, 5.41) is 12.2. The molecule has 0 aliphatic heterocycles. The Labute approximate surface area is 121 Å². The molecule has 0 aliphatic rings. The zero-order chi connectivity index (χ0) is 14.8. The lowest BCUT2D eigenvalue weighted by Gasteiger charge is -2.16. The van der Waals surface area contributed by atoms with Crippen molar-refractivity contribution in [1.82, 2.24) is 5.32 Å². The predicted molar refractivity (Wildman–Crippen MR) is 80.0 cm³/mol. The number of para-hydroxylation sites is 2. The average molecular weight is 276 g/mol. The van der Waals surface area contributed by atoms with E-state index in [1.807, 2.05) is 38.1 Å². The molecule has 1 aromatic carbocycles. The van der Waals surface area contributed by atoms with Gasteiger partial charge in [-0.05, 0) is 32.4 Å². The fourth-order valence-electron chi connectivity index (χ4n) is 1.77. The zero-order valence-corrected chi connectivity index (χ0v) is 12.6. The third-order valence-electron chi connectivity index (χ3n) is 2.67. The van der Waals surface area contributed by atoms with Crippen LogP contribution in [-0.4, -0.2) is 25.3 Å². The lowest BCUT2D eigenvalue weighted by atomic mass is 10.2. The van der Waals surface area contributed by atoms with Gasteiger partial charge in [-0.1, -0.05) is 19.1 Å². The summed E-state index contributed by atoms with van der Waals surface area (Å²) in [6.45, 7) is 7.29. The molecule has 4 heteroatoms. The van der Waals surface area contributed by atoms with Crippen LogP contribution >= 0.6 is 0 Å². The van der Waals surface area contributed by atoms with Crippen molar-refractivity contribution in [2.24, 2.45) is 0 Å². The van der Waals surface area contributed by atoms with Crippen LogP contribution in [-0.2, 0) is 0 Å². The van der Waals surface area contributed by atoms with E-state index in [2.05, 4.69) is 18.3 Å². The van der Waals surface area contributed by atoms with Crippen molar-refractivity contribution in [3.8, 4) is 17.6 Å². The van der Waals surface area contributed by atoms with E-state index in [4.69, 9.17) is 14.7 Å². The molecule has 1 N–H and O–H groups in total. The lowest BCUT2D eigenvalue weighted by Crippen LogP contribution is -2.34. The van der Waals surface area contributed by atoms with Crippen LogP contribution in [0.1, 0.15) is 33.6 Å². The SMILES string of the molecule is CCCOc1ccccc1OCCC(C#N)NC(C)C. The molecule has 110 valence electrons. The van der Waals surface area contributed by atoms with Crippen LogP contribution in [0.3, 0.4) is 0 Å². The topological polar surface area (TPSA) is 54.3 Å². The highest BCUT2D eigenvalue weighted by molar-refractivity contribution is 5.39. The number of benzene rings is 1. The van der Waals surface area contributed by atoms with Crippen molar-refractivity contribution in [2.75, 3.05) is 13.2 Å². The van der Waals surface area contributed by atoms with Gasteiger partial charge in [-0.2, -0.15) is 5.26 Å². The summed E-state index contributed by atoms with van der Waals surface area (Å²) in [6.07, 6.45) is 1.61. The molecule has 0 radical (unpaired) electrons. The van der Waals surface area contributed by atoms with Crippen molar-refractivity contribution in [3.63, 3.8) is 0 Å². The van der Waals surface area contributed by atoms with Gasteiger partial charge < -0.3 is 9.47 Å². The first kappa shape index (κ1) is 16.3. The van der Waals surface area contributed by atoms with Crippen LogP contribution in [0.25, 0.3) is 0 Å². The highest BCUT2D eigenvalue weighted by Crippen LogP contribution is 2.26. The van der Waals surface area contributed by atoms with Crippen LogP contribution < -0.4 is 14.8 Å². The quantitative estimate of drug-likeness (QED) is 0.753. The fourth-order valence-corrected chi connectivity index (χ4v) is 1.77. The van der Waals surface area contributed by atoms with Crippen molar-refractivity contribution < 1.29 is 9.47 Å². The van der Waals surface area contributed by atoms with E-state index in [9.17, 15) is 0 Å². The molecule has 0 aliphatic carbocycles. The minimum Gasteiger partial charge on any atom is -0.490 e. The number of rotatable bonds is 9. The Kier molecular flexibility index (Phi) is 7.52. The van der Waals surface area contributed by atoms with Crippen molar-refractivity contribution >= 4 is 0 Å². The smallest absolute Gasteiger partial charge is 0.161 e. The molecule has 0 spiro atoms. The Morgan fingerprint density at radius 2 is 1.75 bits per heavy atom. The molecule has 1 atom stereocenters. The number of nitriles is 1. The van der Waals surface area contributed by atoms with Crippen molar-refractivity contribution in [3.05, 3.63) is 24.3 Å². The molecule has 1 unspecified atom stereocenters. The summed E-state index contributed by atoms with van der Waals surface area (Å²) in [5.41, 5.74) is 0. The third kappa shape index (κ3) is 5.94. The van der Waals surface area contributed by atoms with Crippen molar-refractivity contribution in [2.45, 2.75) is 45.7 Å². The first-order chi connectivity index (χ1) is 9.67. The predicted octanol–water partition coefficient (Wildman–Crippen LogP) is 3.13. The van der Waals surface area contributed by atoms with Gasteiger partial charge in [0, 0.05) is 12.5 Å². The Balaban J connectivity index is 2.47. The molecule has 0 saturated carbocycles. The van der Waals surface area contributed by atoms with Crippen LogP contribution in [0.15, 0.2) is 24.3 Å². The highest BCUT2D eigenvalue weighted by Gasteiger charge is 2.10. The molecule has 20 heavy (non-hydrogen) atoms. The Bertz CT molecular complexity index is 427. The van der Waals surface area contributed by atoms with Gasteiger partial charge in [-0.25, -0.2) is 0 Å². The maximum absolute atomic E-state index is 9.05. The molecular weight excluding hydrogens is 252 g/mol. The number of hydrogen-bond donors (Lipinski definition) is 1. The van der Waals surface area contributed by atoms with Gasteiger partial charge in [0.2, 0.25) is 0 Å². The second kappa shape index (κ2) is 9.22. The largest absolute Gasteiger partial charge is 0.490 e. The maximum Gasteiger partial charge on any atom is 0.161 e. The van der Waals surface area contributed by atoms with Crippen molar-refractivity contribution in [1.29, 1.82) is 5.26 Å². The van der Waals surface area contributed by atoms with E-state index in [-0.39, 0.29) is 6.04 Å². The second-order valence-corrected chi connectivity index (χ2v) is 4.94. The molecule has 0 amide bonds. The van der Waals surface area contributed by atoms with Gasteiger partial charge in [0.15, 0.2) is 11.5 Å². The van der Waals surface area contributed by atoms with E-state index in [1.54, 1.807) is 0 Å². The highest BCUT2D eigenvalue weighted by atomic mass is 16.5. The molecule has 0 bridgehead atoms. The molecule has 1 rings (SSSR count). The molecule has 0 saturated heterocycles. The zero-order valence-electron chi connectivity index (χ0n) is 12.6. The van der Waals surface area contributed by atoms with E-state index in [1.165, 1.54) is 0 Å². The van der Waals surface area contributed by atoms with Crippen LogP contribution in [0.2, 0.25) is 0 Å². The first-order valence-corrected chi connectivity index (χ1v) is 7.17. The number of nitrogens with one attached hydrogen (secondary N) is 1. The summed E-state index contributed by atoms with van der Waals surface area (Å²) in [4.78, 5) is 0. The molecule has 0 aromatic heterocycles. The second-order valence-electron chi connectivity index (χ2n) is 4.94. The average Bonchev–Trinajstić information content (AvgIpc) is 2.44. The van der Waals surface area contributed by atoms with E-state index >= 15 is 0 Å². The number of ether oxygens (including phenoxy) is 2. The van der Waals surface area contributed by atoms with Gasteiger partial charge >= 0.3 is 0 Å². The summed E-state index contributed by atoms with van der Waals surface area (Å²) in [7, 11) is 0. The van der Waals surface area contributed by atoms with Gasteiger partial charge in [0.05, 0.1) is 25.3 Å². The van der Waals surface area contributed by atoms with E-state index < -0.39 is 0 Å². The lowest BCUT2D eigenvalue weighted by molar-refractivity contribution is 0.259. The molecule has 0 heterocycles. The third-order valence-corrected chi connectivity index (χ3v) is 2.67.